The molecule has 7 heteroatoms. The number of nitrogens with two attached hydrogens (primary N) is 1. The Morgan fingerprint density at radius 2 is 1.88 bits per heavy atom. The summed E-state index contributed by atoms with van der Waals surface area (Å²) in [4.78, 5) is 27.0. The molecule has 2 amide bonds. The van der Waals surface area contributed by atoms with Crippen LogP contribution in [0.1, 0.15) is 35.4 Å². The minimum absolute atomic E-state index is 0.0352. The smallest absolute Gasteiger partial charge is 0.232 e. The second-order valence-corrected chi connectivity index (χ2v) is 8.51. The van der Waals surface area contributed by atoms with Gasteiger partial charge in [-0.05, 0) is 48.2 Å². The molecule has 1 heterocycles. The Morgan fingerprint density at radius 3 is 2.58 bits per heavy atom. The molecule has 3 aromatic rings. The number of hydrogen-bond acceptors (Lipinski definition) is 3. The summed E-state index contributed by atoms with van der Waals surface area (Å²) in [6.07, 6.45) is 1.61. The van der Waals surface area contributed by atoms with Gasteiger partial charge in [-0.2, -0.15) is 0 Å². The molecule has 1 aliphatic rings. The van der Waals surface area contributed by atoms with E-state index in [1.165, 1.54) is 6.07 Å². The van der Waals surface area contributed by atoms with E-state index in [0.717, 1.165) is 17.5 Å². The first-order valence-electron chi connectivity index (χ1n) is 10.9. The van der Waals surface area contributed by atoms with Gasteiger partial charge >= 0.3 is 0 Å². The maximum Gasteiger partial charge on any atom is 0.232 e. The van der Waals surface area contributed by atoms with Crippen LogP contribution in [0.2, 0.25) is 5.02 Å². The standard InChI is InChI=1S/C26H25ClFN3O2/c27-22-15-19(10-11-24(22)31-12-4-9-25(31)32)30-26(33)21(20-7-1-2-8-23(20)28)14-17-5-3-6-18(13-17)16-29/h1-3,5-8,10-11,13,15,21H,4,9,12,14,16,29H2,(H,30,33). The number of halogens is 2. The topological polar surface area (TPSA) is 75.4 Å². The van der Waals surface area contributed by atoms with Crippen molar-refractivity contribution in [2.45, 2.75) is 31.7 Å². The van der Waals surface area contributed by atoms with Crippen molar-refractivity contribution in [1.29, 1.82) is 0 Å². The van der Waals surface area contributed by atoms with Crippen LogP contribution in [0.25, 0.3) is 0 Å². The van der Waals surface area contributed by atoms with Crippen molar-refractivity contribution < 1.29 is 14.0 Å². The van der Waals surface area contributed by atoms with Gasteiger partial charge in [-0.15, -0.1) is 0 Å². The van der Waals surface area contributed by atoms with Crippen molar-refractivity contribution in [2.75, 3.05) is 16.8 Å². The molecule has 1 atom stereocenters. The van der Waals surface area contributed by atoms with Crippen LogP contribution in [0.15, 0.2) is 66.7 Å². The van der Waals surface area contributed by atoms with Gasteiger partial charge in [-0.25, -0.2) is 4.39 Å². The maximum atomic E-state index is 14.7. The zero-order valence-corrected chi connectivity index (χ0v) is 18.8. The SMILES string of the molecule is NCc1cccc(CC(C(=O)Nc2ccc(N3CCCC3=O)c(Cl)c2)c2ccccc2F)c1. The lowest BCUT2D eigenvalue weighted by Gasteiger charge is -2.20. The first kappa shape index (κ1) is 23.0. The van der Waals surface area contributed by atoms with E-state index in [2.05, 4.69) is 5.32 Å². The zero-order valence-electron chi connectivity index (χ0n) is 18.1. The summed E-state index contributed by atoms with van der Waals surface area (Å²) >= 11 is 6.43. The number of rotatable bonds is 7. The van der Waals surface area contributed by atoms with Crippen molar-refractivity contribution in [3.63, 3.8) is 0 Å². The number of anilines is 2. The Kier molecular flexibility index (Phi) is 7.06. The molecule has 5 nitrogen and oxygen atoms in total. The summed E-state index contributed by atoms with van der Waals surface area (Å²) in [7, 11) is 0. The van der Waals surface area contributed by atoms with Crippen molar-refractivity contribution in [3.8, 4) is 0 Å². The lowest BCUT2D eigenvalue weighted by Crippen LogP contribution is -2.25. The number of nitrogens with zero attached hydrogens (tertiary/aromatic N) is 1. The molecule has 3 aromatic carbocycles. The highest BCUT2D eigenvalue weighted by Gasteiger charge is 2.26. The first-order valence-corrected chi connectivity index (χ1v) is 11.3. The fourth-order valence-corrected chi connectivity index (χ4v) is 4.44. The van der Waals surface area contributed by atoms with Gasteiger partial charge in [-0.1, -0.05) is 54.1 Å². The second-order valence-electron chi connectivity index (χ2n) is 8.11. The van der Waals surface area contributed by atoms with Crippen molar-refractivity contribution >= 4 is 34.8 Å². The first-order chi connectivity index (χ1) is 16.0. The molecule has 0 aliphatic carbocycles. The van der Waals surface area contributed by atoms with Crippen LogP contribution < -0.4 is 16.0 Å². The Bertz CT molecular complexity index is 1180. The van der Waals surface area contributed by atoms with Crippen LogP contribution in [-0.2, 0) is 22.6 Å². The van der Waals surface area contributed by atoms with Crippen LogP contribution in [-0.4, -0.2) is 18.4 Å². The van der Waals surface area contributed by atoms with E-state index in [1.54, 1.807) is 41.3 Å². The van der Waals surface area contributed by atoms with E-state index in [0.29, 0.717) is 47.9 Å². The Balaban J connectivity index is 1.59. The summed E-state index contributed by atoms with van der Waals surface area (Å²) in [5.74, 6) is -1.50. The van der Waals surface area contributed by atoms with Gasteiger partial charge in [0.05, 0.1) is 16.6 Å². The van der Waals surface area contributed by atoms with Crippen molar-refractivity contribution in [3.05, 3.63) is 94.3 Å². The third-order valence-electron chi connectivity index (χ3n) is 5.84. The third kappa shape index (κ3) is 5.24. The number of carbonyl (C=O) groups excluding carboxylic acids is 2. The summed E-state index contributed by atoms with van der Waals surface area (Å²) in [6, 6.07) is 19.0. The van der Waals surface area contributed by atoms with Gasteiger partial charge in [-0.3, -0.25) is 9.59 Å². The Hall–Kier alpha value is -3.22. The molecule has 0 aromatic heterocycles. The van der Waals surface area contributed by atoms with Crippen LogP contribution in [0.5, 0.6) is 0 Å². The lowest BCUT2D eigenvalue weighted by molar-refractivity contribution is -0.118. The van der Waals surface area contributed by atoms with Gasteiger partial charge in [0.2, 0.25) is 11.8 Å². The van der Waals surface area contributed by atoms with Crippen LogP contribution in [0.4, 0.5) is 15.8 Å². The summed E-state index contributed by atoms with van der Waals surface area (Å²) in [5.41, 5.74) is 9.01. The van der Waals surface area contributed by atoms with Gasteiger partial charge < -0.3 is 16.0 Å². The summed E-state index contributed by atoms with van der Waals surface area (Å²) in [5, 5.41) is 3.24. The molecule has 0 saturated carbocycles. The summed E-state index contributed by atoms with van der Waals surface area (Å²) in [6.45, 7) is 1.01. The fourth-order valence-electron chi connectivity index (χ4n) is 4.16. The predicted molar refractivity (Wildman–Crippen MR) is 129 cm³/mol. The number of hydrogen-bond donors (Lipinski definition) is 2. The molecule has 1 fully saturated rings. The highest BCUT2D eigenvalue weighted by molar-refractivity contribution is 6.34. The molecule has 0 spiro atoms. The van der Waals surface area contributed by atoms with E-state index in [4.69, 9.17) is 17.3 Å². The largest absolute Gasteiger partial charge is 0.326 e. The maximum absolute atomic E-state index is 14.7. The van der Waals surface area contributed by atoms with E-state index in [9.17, 15) is 14.0 Å². The van der Waals surface area contributed by atoms with Gasteiger partial charge in [0.25, 0.3) is 0 Å². The lowest BCUT2D eigenvalue weighted by atomic mass is 9.90. The highest BCUT2D eigenvalue weighted by atomic mass is 35.5. The molecule has 1 aliphatic heterocycles. The van der Waals surface area contributed by atoms with Crippen LogP contribution >= 0.6 is 11.6 Å². The molecular weight excluding hydrogens is 441 g/mol. The Morgan fingerprint density at radius 1 is 1.09 bits per heavy atom. The van der Waals surface area contributed by atoms with E-state index in [1.807, 2.05) is 24.3 Å². The molecule has 0 bridgehead atoms. The van der Waals surface area contributed by atoms with E-state index >= 15 is 0 Å². The van der Waals surface area contributed by atoms with Crippen LogP contribution in [0, 0.1) is 5.82 Å². The molecule has 0 radical (unpaired) electrons. The average molecular weight is 466 g/mol. The molecular formula is C26H25ClFN3O2. The molecule has 1 unspecified atom stereocenters. The second kappa shape index (κ2) is 10.1. The van der Waals surface area contributed by atoms with Gasteiger partial charge in [0.15, 0.2) is 0 Å². The fraction of sp³-hybridized carbons (Fsp3) is 0.231. The van der Waals surface area contributed by atoms with E-state index in [-0.39, 0.29) is 11.8 Å². The highest BCUT2D eigenvalue weighted by Crippen LogP contribution is 2.33. The van der Waals surface area contributed by atoms with Gasteiger partial charge in [0.1, 0.15) is 5.82 Å². The Labute approximate surface area is 197 Å². The van der Waals surface area contributed by atoms with Crippen LogP contribution in [0.3, 0.4) is 0 Å². The van der Waals surface area contributed by atoms with Gasteiger partial charge in [0, 0.05) is 30.8 Å². The monoisotopic (exact) mass is 465 g/mol. The average Bonchev–Trinajstić information content (AvgIpc) is 3.24. The predicted octanol–water partition coefficient (Wildman–Crippen LogP) is 5.03. The number of carbonyl (C=O) groups is 2. The molecule has 33 heavy (non-hydrogen) atoms. The summed E-state index contributed by atoms with van der Waals surface area (Å²) < 4.78 is 14.7. The number of nitrogens with one attached hydrogen (secondary N) is 1. The van der Waals surface area contributed by atoms with Crippen molar-refractivity contribution in [2.24, 2.45) is 5.73 Å². The minimum atomic E-state index is -0.752. The normalized spacial score (nSPS) is 14.4. The quantitative estimate of drug-likeness (QED) is 0.514. The van der Waals surface area contributed by atoms with Crippen molar-refractivity contribution in [1.82, 2.24) is 0 Å². The van der Waals surface area contributed by atoms with E-state index < -0.39 is 11.7 Å². The minimum Gasteiger partial charge on any atom is -0.326 e. The number of benzene rings is 3. The molecule has 4 rings (SSSR count). The molecule has 3 N–H and O–H groups in total. The zero-order chi connectivity index (χ0) is 23.4. The third-order valence-corrected chi connectivity index (χ3v) is 6.15. The molecule has 1 saturated heterocycles. The molecule has 170 valence electrons. The number of amides is 2.